The SMILES string of the molecule is CCN(C(=O)C1CN(C(C)C)C1)C(C)Cc1ccc2c(c1)OCO2. The quantitative estimate of drug-likeness (QED) is 0.803. The Morgan fingerprint density at radius 1 is 1.25 bits per heavy atom. The Morgan fingerprint density at radius 2 is 1.96 bits per heavy atom. The summed E-state index contributed by atoms with van der Waals surface area (Å²) in [5, 5.41) is 0. The molecule has 0 aliphatic carbocycles. The van der Waals surface area contributed by atoms with E-state index in [9.17, 15) is 4.79 Å². The Kier molecular flexibility index (Phi) is 4.99. The molecular weight excluding hydrogens is 304 g/mol. The summed E-state index contributed by atoms with van der Waals surface area (Å²) >= 11 is 0. The van der Waals surface area contributed by atoms with Crippen LogP contribution in [0.2, 0.25) is 0 Å². The van der Waals surface area contributed by atoms with Crippen molar-refractivity contribution in [3.63, 3.8) is 0 Å². The lowest BCUT2D eigenvalue weighted by molar-refractivity contribution is -0.143. The van der Waals surface area contributed by atoms with E-state index in [1.54, 1.807) is 0 Å². The molecule has 1 atom stereocenters. The van der Waals surface area contributed by atoms with E-state index in [0.717, 1.165) is 37.6 Å². The number of carbonyl (C=O) groups excluding carboxylic acids is 1. The summed E-state index contributed by atoms with van der Waals surface area (Å²) < 4.78 is 10.8. The minimum atomic E-state index is 0.159. The van der Waals surface area contributed by atoms with Crippen LogP contribution in [0, 0.1) is 5.92 Å². The Morgan fingerprint density at radius 3 is 2.62 bits per heavy atom. The molecule has 0 radical (unpaired) electrons. The number of likely N-dealkylation sites (tertiary alicyclic amines) is 1. The molecule has 0 saturated carbocycles. The van der Waals surface area contributed by atoms with Crippen molar-refractivity contribution >= 4 is 5.91 Å². The van der Waals surface area contributed by atoms with Gasteiger partial charge in [-0.2, -0.15) is 0 Å². The van der Waals surface area contributed by atoms with Crippen LogP contribution in [-0.4, -0.2) is 54.2 Å². The van der Waals surface area contributed by atoms with Crippen LogP contribution in [0.3, 0.4) is 0 Å². The Balaban J connectivity index is 1.60. The van der Waals surface area contributed by atoms with Gasteiger partial charge in [0.15, 0.2) is 11.5 Å². The molecule has 1 saturated heterocycles. The Labute approximate surface area is 144 Å². The first-order chi connectivity index (χ1) is 11.5. The van der Waals surface area contributed by atoms with Gasteiger partial charge < -0.3 is 14.4 Å². The molecule has 1 aromatic carbocycles. The second kappa shape index (κ2) is 7.01. The lowest BCUT2D eigenvalue weighted by Gasteiger charge is -2.44. The van der Waals surface area contributed by atoms with Crippen LogP contribution < -0.4 is 9.47 Å². The van der Waals surface area contributed by atoms with E-state index in [2.05, 4.69) is 38.7 Å². The van der Waals surface area contributed by atoms with Crippen molar-refractivity contribution in [1.29, 1.82) is 0 Å². The molecule has 3 rings (SSSR count). The topological polar surface area (TPSA) is 42.0 Å². The van der Waals surface area contributed by atoms with Gasteiger partial charge in [-0.25, -0.2) is 0 Å². The molecule has 2 aliphatic heterocycles. The van der Waals surface area contributed by atoms with Crippen LogP contribution in [0.5, 0.6) is 11.5 Å². The zero-order valence-corrected chi connectivity index (χ0v) is 15.1. The van der Waals surface area contributed by atoms with Gasteiger partial charge in [0.2, 0.25) is 12.7 Å². The third-order valence-electron chi connectivity index (χ3n) is 5.11. The molecule has 1 unspecified atom stereocenters. The second-order valence-corrected chi connectivity index (χ2v) is 7.11. The molecule has 5 heteroatoms. The third-order valence-corrected chi connectivity index (χ3v) is 5.11. The summed E-state index contributed by atoms with van der Waals surface area (Å²) in [7, 11) is 0. The summed E-state index contributed by atoms with van der Waals surface area (Å²) in [6, 6.07) is 6.74. The van der Waals surface area contributed by atoms with Crippen molar-refractivity contribution in [2.24, 2.45) is 5.92 Å². The van der Waals surface area contributed by atoms with Gasteiger partial charge in [-0.3, -0.25) is 9.69 Å². The molecule has 0 spiro atoms. The Bertz CT molecular complexity index is 596. The van der Waals surface area contributed by atoms with Gasteiger partial charge >= 0.3 is 0 Å². The smallest absolute Gasteiger partial charge is 0.231 e. The average Bonchev–Trinajstić information content (AvgIpc) is 2.93. The number of ether oxygens (including phenoxy) is 2. The van der Waals surface area contributed by atoms with Crippen molar-refractivity contribution in [1.82, 2.24) is 9.80 Å². The van der Waals surface area contributed by atoms with Crippen LogP contribution in [0.25, 0.3) is 0 Å². The predicted molar refractivity (Wildman–Crippen MR) is 93.3 cm³/mol. The summed E-state index contributed by atoms with van der Waals surface area (Å²) in [5.41, 5.74) is 1.18. The first kappa shape index (κ1) is 17.1. The van der Waals surface area contributed by atoms with Crippen LogP contribution in [0.15, 0.2) is 18.2 Å². The molecule has 1 fully saturated rings. The average molecular weight is 332 g/mol. The number of likely N-dealkylation sites (N-methyl/N-ethyl adjacent to an activating group) is 1. The summed E-state index contributed by atoms with van der Waals surface area (Å²) in [6.07, 6.45) is 0.830. The van der Waals surface area contributed by atoms with Gasteiger partial charge in [-0.05, 0) is 51.8 Å². The zero-order valence-electron chi connectivity index (χ0n) is 15.1. The number of hydrogen-bond acceptors (Lipinski definition) is 4. The number of rotatable bonds is 6. The number of amides is 1. The van der Waals surface area contributed by atoms with Crippen molar-refractivity contribution in [2.75, 3.05) is 26.4 Å². The van der Waals surface area contributed by atoms with Crippen LogP contribution >= 0.6 is 0 Å². The summed E-state index contributed by atoms with van der Waals surface area (Å²) in [4.78, 5) is 17.2. The van der Waals surface area contributed by atoms with E-state index in [1.165, 1.54) is 5.56 Å². The van der Waals surface area contributed by atoms with E-state index in [1.807, 2.05) is 17.0 Å². The van der Waals surface area contributed by atoms with Gasteiger partial charge in [0, 0.05) is 31.7 Å². The van der Waals surface area contributed by atoms with Crippen LogP contribution in [0.4, 0.5) is 0 Å². The maximum absolute atomic E-state index is 12.8. The van der Waals surface area contributed by atoms with Crippen molar-refractivity contribution in [3.8, 4) is 11.5 Å². The van der Waals surface area contributed by atoms with Gasteiger partial charge in [-0.15, -0.1) is 0 Å². The van der Waals surface area contributed by atoms with E-state index >= 15 is 0 Å². The highest BCUT2D eigenvalue weighted by Crippen LogP contribution is 2.33. The maximum atomic E-state index is 12.8. The minimum Gasteiger partial charge on any atom is -0.454 e. The zero-order chi connectivity index (χ0) is 17.3. The fourth-order valence-corrected chi connectivity index (χ4v) is 3.53. The normalized spacial score (nSPS) is 18.5. The lowest BCUT2D eigenvalue weighted by Crippen LogP contribution is -2.57. The van der Waals surface area contributed by atoms with Gasteiger partial charge in [0.1, 0.15) is 0 Å². The standard InChI is InChI=1S/C19H28N2O3/c1-5-21(19(22)16-10-20(11-16)13(2)3)14(4)8-15-6-7-17-18(9-15)24-12-23-17/h6-7,9,13-14,16H,5,8,10-12H2,1-4H3. The lowest BCUT2D eigenvalue weighted by atomic mass is 9.95. The molecule has 0 N–H and O–H groups in total. The molecule has 132 valence electrons. The number of carbonyl (C=O) groups is 1. The van der Waals surface area contributed by atoms with Crippen molar-refractivity contribution < 1.29 is 14.3 Å². The molecule has 2 heterocycles. The van der Waals surface area contributed by atoms with Crippen LogP contribution in [-0.2, 0) is 11.2 Å². The van der Waals surface area contributed by atoms with Gasteiger partial charge in [-0.1, -0.05) is 6.07 Å². The molecule has 1 amide bonds. The maximum Gasteiger partial charge on any atom is 0.231 e. The van der Waals surface area contributed by atoms with Crippen molar-refractivity contribution in [2.45, 2.75) is 46.2 Å². The molecule has 0 aromatic heterocycles. The van der Waals surface area contributed by atoms with Gasteiger partial charge in [0.25, 0.3) is 0 Å². The highest BCUT2D eigenvalue weighted by molar-refractivity contribution is 5.80. The third kappa shape index (κ3) is 3.36. The molecular formula is C19H28N2O3. The number of hydrogen-bond donors (Lipinski definition) is 0. The largest absolute Gasteiger partial charge is 0.454 e. The number of benzene rings is 1. The highest BCUT2D eigenvalue weighted by atomic mass is 16.7. The summed E-state index contributed by atoms with van der Waals surface area (Å²) in [6.45, 7) is 11.4. The summed E-state index contributed by atoms with van der Waals surface area (Å²) in [5.74, 6) is 2.06. The fourth-order valence-electron chi connectivity index (χ4n) is 3.53. The van der Waals surface area contributed by atoms with E-state index in [0.29, 0.717) is 18.7 Å². The van der Waals surface area contributed by atoms with E-state index < -0.39 is 0 Å². The van der Waals surface area contributed by atoms with E-state index in [-0.39, 0.29) is 12.0 Å². The molecule has 5 nitrogen and oxygen atoms in total. The first-order valence-electron chi connectivity index (χ1n) is 8.92. The van der Waals surface area contributed by atoms with Crippen molar-refractivity contribution in [3.05, 3.63) is 23.8 Å². The van der Waals surface area contributed by atoms with E-state index in [4.69, 9.17) is 9.47 Å². The monoisotopic (exact) mass is 332 g/mol. The van der Waals surface area contributed by atoms with Crippen LogP contribution in [0.1, 0.15) is 33.3 Å². The predicted octanol–water partition coefficient (Wildman–Crippen LogP) is 2.54. The number of nitrogens with zero attached hydrogens (tertiary/aromatic N) is 2. The second-order valence-electron chi connectivity index (χ2n) is 7.11. The molecule has 0 bridgehead atoms. The molecule has 1 aromatic rings. The number of fused-ring (bicyclic) bond motifs is 1. The first-order valence-corrected chi connectivity index (χ1v) is 8.92. The fraction of sp³-hybridized carbons (Fsp3) is 0.632. The minimum absolute atomic E-state index is 0.159. The van der Waals surface area contributed by atoms with Gasteiger partial charge in [0.05, 0.1) is 5.92 Å². The molecule has 24 heavy (non-hydrogen) atoms. The molecule has 2 aliphatic rings. The Hall–Kier alpha value is -1.75. The highest BCUT2D eigenvalue weighted by Gasteiger charge is 2.37.